The summed E-state index contributed by atoms with van der Waals surface area (Å²) in [5.41, 5.74) is 0. The highest BCUT2D eigenvalue weighted by Crippen LogP contribution is 2.10. The summed E-state index contributed by atoms with van der Waals surface area (Å²) in [7, 11) is -4.43. The molecular weight excluding hydrogens is 160 g/mol. The molecule has 0 aliphatic carbocycles. The molecule has 0 aromatic carbocycles. The first kappa shape index (κ1) is 9.25. The van der Waals surface area contributed by atoms with E-state index in [9.17, 15) is 8.42 Å². The normalized spacial score (nSPS) is 11.0. The van der Waals surface area contributed by atoms with Gasteiger partial charge >= 0.3 is 0 Å². The number of aliphatic hydroxyl groups is 2. The molecule has 0 fully saturated rings. The summed E-state index contributed by atoms with van der Waals surface area (Å²) in [6.45, 7) is 1.37. The first-order valence-corrected chi connectivity index (χ1v) is 3.92. The summed E-state index contributed by atoms with van der Waals surface area (Å²) in [6.07, 6.45) is -0.152. The Hall–Kier alpha value is -0.750. The van der Waals surface area contributed by atoms with Crippen molar-refractivity contribution >= 4 is 10.1 Å². The lowest BCUT2D eigenvalue weighted by molar-refractivity contribution is 0.186. The summed E-state index contributed by atoms with van der Waals surface area (Å²) < 4.78 is 28.6. The first-order chi connectivity index (χ1) is 4.39. The minimum absolute atomic E-state index is 0.152. The van der Waals surface area contributed by atoms with E-state index in [4.69, 9.17) is 14.8 Å². The molecule has 5 nitrogen and oxygen atoms in total. The number of hydrogen-bond acceptors (Lipinski definition) is 4. The summed E-state index contributed by atoms with van der Waals surface area (Å²) in [6, 6.07) is 0. The molecule has 0 aromatic rings. The van der Waals surface area contributed by atoms with E-state index >= 15 is 0 Å². The van der Waals surface area contributed by atoms with E-state index in [1.165, 1.54) is 6.92 Å². The average Bonchev–Trinajstić information content (AvgIpc) is 1.60. The third kappa shape index (κ3) is 2.24. The predicted octanol–water partition coefficient (Wildman–Crippen LogP) is 0.569. The largest absolute Gasteiger partial charge is 0.480 e. The maximum atomic E-state index is 10.2. The minimum Gasteiger partial charge on any atom is -0.480 e. The van der Waals surface area contributed by atoms with Crippen LogP contribution in [0.2, 0.25) is 0 Å². The smallest absolute Gasteiger partial charge is 0.297 e. The SMILES string of the molecule is CCC(=C(O)O)S(=O)(=O)O. The van der Waals surface area contributed by atoms with E-state index in [-0.39, 0.29) is 6.42 Å². The molecule has 0 heterocycles. The van der Waals surface area contributed by atoms with E-state index in [1.54, 1.807) is 0 Å². The van der Waals surface area contributed by atoms with Gasteiger partial charge in [-0.05, 0) is 6.42 Å². The van der Waals surface area contributed by atoms with Crippen LogP contribution in [0.4, 0.5) is 0 Å². The number of aliphatic hydroxyl groups excluding tert-OH is 1. The molecule has 0 aromatic heterocycles. The second-order valence-electron chi connectivity index (χ2n) is 1.58. The molecule has 0 atom stereocenters. The quantitative estimate of drug-likeness (QED) is 0.414. The Morgan fingerprint density at radius 1 is 1.40 bits per heavy atom. The number of hydrogen-bond donors (Lipinski definition) is 3. The van der Waals surface area contributed by atoms with Crippen LogP contribution in [-0.4, -0.2) is 23.2 Å². The van der Waals surface area contributed by atoms with Crippen molar-refractivity contribution in [2.45, 2.75) is 13.3 Å². The zero-order valence-corrected chi connectivity index (χ0v) is 6.09. The van der Waals surface area contributed by atoms with Gasteiger partial charge in [0.05, 0.1) is 0 Å². The van der Waals surface area contributed by atoms with Crippen LogP contribution in [-0.2, 0) is 10.1 Å². The van der Waals surface area contributed by atoms with Crippen molar-refractivity contribution in [2.75, 3.05) is 0 Å². The molecule has 0 aliphatic heterocycles. The van der Waals surface area contributed by atoms with Gasteiger partial charge in [0.2, 0.25) is 0 Å². The summed E-state index contributed by atoms with van der Waals surface area (Å²) >= 11 is 0. The maximum Gasteiger partial charge on any atom is 0.297 e. The van der Waals surface area contributed by atoms with E-state index in [1.807, 2.05) is 0 Å². The Morgan fingerprint density at radius 2 is 1.80 bits per heavy atom. The molecule has 0 unspecified atom stereocenters. The van der Waals surface area contributed by atoms with Crippen LogP contribution < -0.4 is 0 Å². The first-order valence-electron chi connectivity index (χ1n) is 2.48. The van der Waals surface area contributed by atoms with Crippen LogP contribution >= 0.6 is 0 Å². The second kappa shape index (κ2) is 2.89. The molecule has 0 bridgehead atoms. The molecule has 60 valence electrons. The van der Waals surface area contributed by atoms with Gasteiger partial charge in [-0.2, -0.15) is 8.42 Å². The molecule has 0 radical (unpaired) electrons. The van der Waals surface area contributed by atoms with Crippen LogP contribution in [0.5, 0.6) is 0 Å². The fourth-order valence-electron chi connectivity index (χ4n) is 0.456. The van der Waals surface area contributed by atoms with Crippen molar-refractivity contribution in [1.82, 2.24) is 0 Å². The van der Waals surface area contributed by atoms with Gasteiger partial charge in [-0.3, -0.25) is 4.55 Å². The van der Waals surface area contributed by atoms with Crippen molar-refractivity contribution in [3.8, 4) is 0 Å². The van der Waals surface area contributed by atoms with Crippen LogP contribution in [0.15, 0.2) is 10.9 Å². The fourth-order valence-corrected chi connectivity index (χ4v) is 1.05. The molecule has 6 heteroatoms. The van der Waals surface area contributed by atoms with E-state index in [0.717, 1.165) is 0 Å². The Bertz CT molecular complexity index is 232. The standard InChI is InChI=1S/C4H8O5S/c1-2-3(4(5)6)10(7,8)9/h5-6H,2H2,1H3,(H,7,8,9). The van der Waals surface area contributed by atoms with Gasteiger partial charge in [0.1, 0.15) is 0 Å². The highest BCUT2D eigenvalue weighted by Gasteiger charge is 2.16. The third-order valence-corrected chi connectivity index (χ3v) is 1.98. The zero-order chi connectivity index (χ0) is 8.36. The lowest BCUT2D eigenvalue weighted by Crippen LogP contribution is -2.04. The maximum absolute atomic E-state index is 10.2. The minimum atomic E-state index is -4.43. The molecule has 0 amide bonds. The van der Waals surface area contributed by atoms with Gasteiger partial charge in [-0.1, -0.05) is 6.92 Å². The van der Waals surface area contributed by atoms with Gasteiger partial charge in [0, 0.05) is 0 Å². The van der Waals surface area contributed by atoms with Gasteiger partial charge in [0.25, 0.3) is 16.1 Å². The summed E-state index contributed by atoms with van der Waals surface area (Å²) in [5.74, 6) is -1.36. The topological polar surface area (TPSA) is 94.8 Å². The molecule has 10 heavy (non-hydrogen) atoms. The molecule has 0 rings (SSSR count). The van der Waals surface area contributed by atoms with E-state index < -0.39 is 21.0 Å². The molecule has 3 N–H and O–H groups in total. The average molecular weight is 168 g/mol. The number of allylic oxidation sites excluding steroid dienone is 1. The van der Waals surface area contributed by atoms with Crippen LogP contribution in [0.25, 0.3) is 0 Å². The molecule has 0 saturated carbocycles. The van der Waals surface area contributed by atoms with Gasteiger partial charge < -0.3 is 10.2 Å². The monoisotopic (exact) mass is 168 g/mol. The molecule has 0 saturated heterocycles. The summed E-state index contributed by atoms with van der Waals surface area (Å²) in [5, 5.41) is 16.5. The highest BCUT2D eigenvalue weighted by atomic mass is 32.2. The predicted molar refractivity (Wildman–Crippen MR) is 34.1 cm³/mol. The lowest BCUT2D eigenvalue weighted by Gasteiger charge is -1.97. The van der Waals surface area contributed by atoms with E-state index in [0.29, 0.717) is 0 Å². The van der Waals surface area contributed by atoms with Crippen LogP contribution in [0.1, 0.15) is 13.3 Å². The van der Waals surface area contributed by atoms with Crippen molar-refractivity contribution in [1.29, 1.82) is 0 Å². The Morgan fingerprint density at radius 3 is 1.80 bits per heavy atom. The van der Waals surface area contributed by atoms with Crippen molar-refractivity contribution in [2.24, 2.45) is 0 Å². The van der Waals surface area contributed by atoms with Gasteiger partial charge in [-0.25, -0.2) is 0 Å². The third-order valence-electron chi connectivity index (χ3n) is 0.882. The molecule has 0 aliphatic rings. The Labute approximate surface area is 58.4 Å². The van der Waals surface area contributed by atoms with Crippen molar-refractivity contribution in [3.05, 3.63) is 10.9 Å². The molecule has 0 spiro atoms. The van der Waals surface area contributed by atoms with Crippen molar-refractivity contribution < 1.29 is 23.2 Å². The van der Waals surface area contributed by atoms with Crippen LogP contribution in [0.3, 0.4) is 0 Å². The molecular formula is C4H8O5S. The zero-order valence-electron chi connectivity index (χ0n) is 5.27. The Kier molecular flexibility index (Phi) is 2.67. The Balaban J connectivity index is 4.93. The lowest BCUT2D eigenvalue weighted by atomic mass is 10.5. The van der Waals surface area contributed by atoms with Gasteiger partial charge in [-0.15, -0.1) is 0 Å². The highest BCUT2D eigenvalue weighted by molar-refractivity contribution is 7.89. The number of rotatable bonds is 2. The van der Waals surface area contributed by atoms with Crippen LogP contribution in [0, 0.1) is 0 Å². The summed E-state index contributed by atoms with van der Waals surface area (Å²) in [4.78, 5) is -0.771. The fraction of sp³-hybridized carbons (Fsp3) is 0.500. The second-order valence-corrected chi connectivity index (χ2v) is 3.02. The van der Waals surface area contributed by atoms with E-state index in [2.05, 4.69) is 0 Å². The van der Waals surface area contributed by atoms with Crippen molar-refractivity contribution in [3.63, 3.8) is 0 Å². The van der Waals surface area contributed by atoms with Gasteiger partial charge in [0.15, 0.2) is 4.91 Å².